The molecule has 0 saturated carbocycles. The second kappa shape index (κ2) is 12.6. The van der Waals surface area contributed by atoms with Crippen molar-refractivity contribution >= 4 is 0 Å². The first-order valence-corrected chi connectivity index (χ1v) is 4.97. The topological polar surface area (TPSA) is 26.0 Å². The van der Waals surface area contributed by atoms with Crippen molar-refractivity contribution in [2.75, 3.05) is 6.54 Å². The first-order chi connectivity index (χ1) is 5.27. The fourth-order valence-electron chi connectivity index (χ4n) is 0.874. The van der Waals surface area contributed by atoms with Crippen LogP contribution in [0.1, 0.15) is 54.8 Å². The maximum atomic E-state index is 5.35. The highest BCUT2D eigenvalue weighted by atomic mass is 14.5. The van der Waals surface area contributed by atoms with E-state index in [2.05, 4.69) is 13.8 Å². The Hall–Kier alpha value is -0.0400. The van der Waals surface area contributed by atoms with Crippen molar-refractivity contribution < 1.29 is 1.43 Å². The smallest absolute Gasteiger partial charge is 0 e. The van der Waals surface area contributed by atoms with Crippen molar-refractivity contribution in [2.24, 2.45) is 11.7 Å². The average molecular weight is 161 g/mol. The predicted octanol–water partition coefficient (Wildman–Crippen LogP) is 3.43. The molecular weight excluding hydrogens is 134 g/mol. The van der Waals surface area contributed by atoms with Gasteiger partial charge in [-0.15, -0.1) is 0 Å². The number of hydrogen-bond acceptors (Lipinski definition) is 1. The van der Waals surface area contributed by atoms with E-state index in [1.807, 2.05) is 13.8 Å². The molecule has 0 amide bonds. The van der Waals surface area contributed by atoms with Crippen LogP contribution in [-0.4, -0.2) is 6.54 Å². The van der Waals surface area contributed by atoms with E-state index in [1.165, 1.54) is 25.7 Å². The predicted molar refractivity (Wildman–Crippen MR) is 55.8 cm³/mol. The summed E-state index contributed by atoms with van der Waals surface area (Å²) >= 11 is 0. The van der Waals surface area contributed by atoms with Gasteiger partial charge in [-0.05, 0) is 18.9 Å². The summed E-state index contributed by atoms with van der Waals surface area (Å²) in [5.41, 5.74) is 5.35. The Morgan fingerprint density at radius 3 is 2.00 bits per heavy atom. The molecule has 1 heteroatoms. The second-order valence-electron chi connectivity index (χ2n) is 3.03. The van der Waals surface area contributed by atoms with Gasteiger partial charge < -0.3 is 5.73 Å². The van der Waals surface area contributed by atoms with Crippen LogP contribution >= 0.6 is 0 Å². The lowest BCUT2D eigenvalue weighted by Gasteiger charge is -2.01. The molecule has 0 aromatic carbocycles. The molecule has 0 aliphatic rings. The molecule has 0 spiro atoms. The van der Waals surface area contributed by atoms with E-state index < -0.39 is 0 Å². The summed E-state index contributed by atoms with van der Waals surface area (Å²) in [5, 5.41) is 0. The van der Waals surface area contributed by atoms with Crippen LogP contribution in [0.3, 0.4) is 0 Å². The summed E-state index contributed by atoms with van der Waals surface area (Å²) in [6.07, 6.45) is 5.23. The van der Waals surface area contributed by atoms with Gasteiger partial charge in [-0.2, -0.15) is 0 Å². The molecule has 72 valence electrons. The van der Waals surface area contributed by atoms with Gasteiger partial charge in [0.15, 0.2) is 0 Å². The van der Waals surface area contributed by atoms with Gasteiger partial charge in [0.1, 0.15) is 0 Å². The zero-order valence-corrected chi connectivity index (χ0v) is 8.69. The maximum Gasteiger partial charge on any atom is 0 e. The molecule has 2 N–H and O–H groups in total. The largest absolute Gasteiger partial charge is 0.330 e. The summed E-state index contributed by atoms with van der Waals surface area (Å²) in [4.78, 5) is 0. The lowest BCUT2D eigenvalue weighted by molar-refractivity contribution is 0.529. The number of hydrogen-bond donors (Lipinski definition) is 1. The molecule has 0 aromatic heterocycles. The van der Waals surface area contributed by atoms with Crippen LogP contribution in [0.5, 0.6) is 0 Å². The third kappa shape index (κ3) is 17.8. The quantitative estimate of drug-likeness (QED) is 0.614. The van der Waals surface area contributed by atoms with E-state index in [9.17, 15) is 0 Å². The van der Waals surface area contributed by atoms with Crippen LogP contribution in [0.15, 0.2) is 0 Å². The van der Waals surface area contributed by atoms with Crippen LogP contribution < -0.4 is 5.73 Å². The highest BCUT2D eigenvalue weighted by molar-refractivity contribution is 4.46. The molecule has 0 heterocycles. The first-order valence-electron chi connectivity index (χ1n) is 4.97. The third-order valence-electron chi connectivity index (χ3n) is 1.49. The average Bonchev–Trinajstić information content (AvgIpc) is 2.02. The molecule has 11 heavy (non-hydrogen) atoms. The normalized spacial score (nSPS) is 9.27. The van der Waals surface area contributed by atoms with Crippen molar-refractivity contribution in [3.05, 3.63) is 0 Å². The Balaban J connectivity index is -0.000000249. The Morgan fingerprint density at radius 1 is 1.09 bits per heavy atom. The van der Waals surface area contributed by atoms with E-state index >= 15 is 0 Å². The second-order valence-corrected chi connectivity index (χ2v) is 3.03. The zero-order chi connectivity index (χ0) is 9.11. The zero-order valence-electron chi connectivity index (χ0n) is 8.69. The maximum absolute atomic E-state index is 5.35. The summed E-state index contributed by atoms with van der Waals surface area (Å²) in [6.45, 7) is 9.39. The molecule has 0 radical (unpaired) electrons. The molecule has 0 fully saturated rings. The summed E-state index contributed by atoms with van der Waals surface area (Å²) in [5.74, 6) is 0.864. The lowest BCUT2D eigenvalue weighted by atomic mass is 10.1. The number of nitrogens with two attached hydrogens (primary N) is 1. The minimum absolute atomic E-state index is 0. The van der Waals surface area contributed by atoms with Gasteiger partial charge in [0, 0.05) is 1.43 Å². The molecule has 0 atom stereocenters. The molecule has 0 bridgehead atoms. The monoisotopic (exact) mass is 161 g/mol. The van der Waals surface area contributed by atoms with E-state index in [1.54, 1.807) is 0 Å². The van der Waals surface area contributed by atoms with Crippen LogP contribution in [0, 0.1) is 5.92 Å². The highest BCUT2D eigenvalue weighted by Gasteiger charge is 1.91. The molecule has 0 aromatic rings. The van der Waals surface area contributed by atoms with Gasteiger partial charge in [0.2, 0.25) is 0 Å². The Kier molecular flexibility index (Phi) is 15.5. The van der Waals surface area contributed by atoms with Gasteiger partial charge in [0.25, 0.3) is 0 Å². The van der Waals surface area contributed by atoms with Gasteiger partial charge in [0.05, 0.1) is 0 Å². The number of unbranched alkanes of at least 4 members (excludes halogenated alkanes) is 2. The standard InChI is InChI=1S/C8H19N.C2H6.H2/c1-8(2)6-4-3-5-7-9;1-2;/h8H,3-7,9H2,1-2H3;1-2H3;1H. The minimum atomic E-state index is 0. The van der Waals surface area contributed by atoms with Crippen molar-refractivity contribution in [1.29, 1.82) is 0 Å². The third-order valence-corrected chi connectivity index (χ3v) is 1.49. The Labute approximate surface area is 73.9 Å². The van der Waals surface area contributed by atoms with E-state index in [0.29, 0.717) is 0 Å². The minimum Gasteiger partial charge on any atom is -0.330 e. The molecule has 0 unspecified atom stereocenters. The summed E-state index contributed by atoms with van der Waals surface area (Å²) in [7, 11) is 0. The van der Waals surface area contributed by atoms with Crippen molar-refractivity contribution in [3.8, 4) is 0 Å². The van der Waals surface area contributed by atoms with Gasteiger partial charge in [-0.25, -0.2) is 0 Å². The fraction of sp³-hybridized carbons (Fsp3) is 1.00. The first kappa shape index (κ1) is 13.5. The molecule has 0 aliphatic heterocycles. The molecule has 0 saturated heterocycles. The Bertz CT molecular complexity index is 55.8. The molecule has 1 nitrogen and oxygen atoms in total. The van der Waals surface area contributed by atoms with Crippen LogP contribution in [0.25, 0.3) is 0 Å². The summed E-state index contributed by atoms with van der Waals surface area (Å²) < 4.78 is 0. The van der Waals surface area contributed by atoms with Crippen molar-refractivity contribution in [3.63, 3.8) is 0 Å². The van der Waals surface area contributed by atoms with E-state index in [4.69, 9.17) is 5.73 Å². The summed E-state index contributed by atoms with van der Waals surface area (Å²) in [6, 6.07) is 0. The Morgan fingerprint density at radius 2 is 1.64 bits per heavy atom. The molecule has 0 aliphatic carbocycles. The molecule has 0 rings (SSSR count). The van der Waals surface area contributed by atoms with Gasteiger partial charge >= 0.3 is 0 Å². The fourth-order valence-corrected chi connectivity index (χ4v) is 0.874. The van der Waals surface area contributed by atoms with E-state index in [-0.39, 0.29) is 1.43 Å². The highest BCUT2D eigenvalue weighted by Crippen LogP contribution is 2.06. The molecular formula is C10H27N. The van der Waals surface area contributed by atoms with E-state index in [0.717, 1.165) is 12.5 Å². The SMILES string of the molecule is CC.CC(C)CCCCCN.[HH]. The number of rotatable bonds is 5. The lowest BCUT2D eigenvalue weighted by Crippen LogP contribution is -1.98. The van der Waals surface area contributed by atoms with Gasteiger partial charge in [-0.1, -0.05) is 47.0 Å². The van der Waals surface area contributed by atoms with Crippen molar-refractivity contribution in [2.45, 2.75) is 53.4 Å². The van der Waals surface area contributed by atoms with Crippen LogP contribution in [0.4, 0.5) is 0 Å². The van der Waals surface area contributed by atoms with Crippen LogP contribution in [-0.2, 0) is 0 Å². The van der Waals surface area contributed by atoms with Crippen molar-refractivity contribution in [1.82, 2.24) is 0 Å². The van der Waals surface area contributed by atoms with Crippen LogP contribution in [0.2, 0.25) is 0 Å². The van der Waals surface area contributed by atoms with Gasteiger partial charge in [-0.3, -0.25) is 0 Å².